The van der Waals surface area contributed by atoms with Crippen LogP contribution >= 0.6 is 11.6 Å². The predicted octanol–water partition coefficient (Wildman–Crippen LogP) is 5.12. The molecule has 1 fully saturated rings. The zero-order valence-corrected chi connectivity index (χ0v) is 20.5. The highest BCUT2D eigenvalue weighted by Crippen LogP contribution is 2.42. The normalized spacial score (nSPS) is 18.7. The van der Waals surface area contributed by atoms with Gasteiger partial charge in [0.05, 0.1) is 12.7 Å². The molecule has 188 valence electrons. The number of ether oxygens (including phenoxy) is 2. The van der Waals surface area contributed by atoms with Gasteiger partial charge in [-0.1, -0.05) is 35.9 Å². The van der Waals surface area contributed by atoms with Gasteiger partial charge < -0.3 is 20.1 Å². The van der Waals surface area contributed by atoms with Crippen molar-refractivity contribution in [3.63, 3.8) is 0 Å². The van der Waals surface area contributed by atoms with Crippen LogP contribution in [0, 0.1) is 11.6 Å². The Morgan fingerprint density at radius 3 is 2.61 bits per heavy atom. The van der Waals surface area contributed by atoms with E-state index in [0.717, 1.165) is 23.1 Å². The molecule has 6 nitrogen and oxygen atoms in total. The van der Waals surface area contributed by atoms with Crippen molar-refractivity contribution in [1.29, 1.82) is 0 Å². The maximum absolute atomic E-state index is 14.5. The number of fused-ring (bicyclic) bond motifs is 1. The monoisotopic (exact) mass is 513 g/mol. The number of hydrogen-bond donors (Lipinski definition) is 2. The summed E-state index contributed by atoms with van der Waals surface area (Å²) in [6.07, 6.45) is 2.23. The van der Waals surface area contributed by atoms with E-state index >= 15 is 0 Å². The fraction of sp³-hybridized carbons (Fsp3) is 0.333. The lowest BCUT2D eigenvalue weighted by atomic mass is 9.96. The molecule has 0 saturated carbocycles. The minimum Gasteiger partial charge on any atom is -0.481 e. The number of amides is 1. The third-order valence-electron chi connectivity index (χ3n) is 6.67. The molecule has 9 heteroatoms. The van der Waals surface area contributed by atoms with E-state index in [2.05, 4.69) is 15.6 Å². The zero-order chi connectivity index (χ0) is 25.2. The second-order valence-corrected chi connectivity index (χ2v) is 9.40. The molecule has 0 bridgehead atoms. The molecule has 2 heterocycles. The van der Waals surface area contributed by atoms with Crippen molar-refractivity contribution in [2.24, 2.45) is 0 Å². The fourth-order valence-electron chi connectivity index (χ4n) is 4.95. The van der Waals surface area contributed by atoms with Gasteiger partial charge >= 0.3 is 0 Å². The largest absolute Gasteiger partial charge is 0.481 e. The molecule has 3 aromatic rings. The molecule has 1 unspecified atom stereocenters. The van der Waals surface area contributed by atoms with Crippen molar-refractivity contribution in [1.82, 2.24) is 15.6 Å². The Balaban J connectivity index is 1.34. The van der Waals surface area contributed by atoms with Crippen molar-refractivity contribution < 1.29 is 23.0 Å². The maximum atomic E-state index is 14.5. The Morgan fingerprint density at radius 2 is 1.89 bits per heavy atom. The van der Waals surface area contributed by atoms with E-state index in [-0.39, 0.29) is 29.5 Å². The van der Waals surface area contributed by atoms with Crippen LogP contribution in [0.3, 0.4) is 0 Å². The fourth-order valence-corrected chi connectivity index (χ4v) is 5.17. The summed E-state index contributed by atoms with van der Waals surface area (Å²) in [5, 5.41) is 6.57. The van der Waals surface area contributed by atoms with Crippen LogP contribution in [0.4, 0.5) is 8.78 Å². The Kier molecular flexibility index (Phi) is 7.07. The number of rotatable bonds is 8. The molecule has 1 aliphatic carbocycles. The summed E-state index contributed by atoms with van der Waals surface area (Å²) < 4.78 is 40.6. The van der Waals surface area contributed by atoms with Gasteiger partial charge in [0.15, 0.2) is 0 Å². The van der Waals surface area contributed by atoms with Gasteiger partial charge in [-0.2, -0.15) is 4.98 Å². The standard InChI is InChI=1S/C27H26ClF2N3O3/c1-35-26-15(13-31-14-16-8-11-24(34)32-16)12-20(28)27(33-26)36-23-10-9-17-18(23)4-2-5-19(17)25-21(29)6-3-7-22(25)30/h2-7,12,16,23,31H,8-11,13-14H2,1H3,(H,32,34)/t16?,23-/m0/s1. The Labute approximate surface area is 213 Å². The van der Waals surface area contributed by atoms with Crippen molar-refractivity contribution in [2.45, 2.75) is 44.4 Å². The molecule has 2 atom stereocenters. The van der Waals surface area contributed by atoms with Gasteiger partial charge in [-0.3, -0.25) is 4.79 Å². The van der Waals surface area contributed by atoms with E-state index in [4.69, 9.17) is 21.1 Å². The van der Waals surface area contributed by atoms with E-state index in [1.165, 1.54) is 25.3 Å². The van der Waals surface area contributed by atoms with Gasteiger partial charge in [0, 0.05) is 31.1 Å². The molecule has 1 aliphatic heterocycles. The number of halogens is 3. The highest BCUT2D eigenvalue weighted by atomic mass is 35.5. The topological polar surface area (TPSA) is 72.5 Å². The minimum absolute atomic E-state index is 0.0261. The van der Waals surface area contributed by atoms with E-state index in [1.807, 2.05) is 6.07 Å². The quantitative estimate of drug-likeness (QED) is 0.437. The summed E-state index contributed by atoms with van der Waals surface area (Å²) in [6.45, 7) is 1.10. The molecule has 0 spiro atoms. The Hall–Kier alpha value is -3.23. The second kappa shape index (κ2) is 10.4. The van der Waals surface area contributed by atoms with Crippen LogP contribution in [0.15, 0.2) is 42.5 Å². The number of methoxy groups -OCH3 is 1. The number of carbonyl (C=O) groups is 1. The van der Waals surface area contributed by atoms with Crippen LogP contribution in [0.25, 0.3) is 11.1 Å². The lowest BCUT2D eigenvalue weighted by Crippen LogP contribution is -2.35. The highest BCUT2D eigenvalue weighted by molar-refractivity contribution is 6.31. The number of nitrogens with zero attached hydrogens (tertiary/aromatic N) is 1. The average Bonchev–Trinajstić information content (AvgIpc) is 3.47. The molecular formula is C27H26ClF2N3O3. The maximum Gasteiger partial charge on any atom is 0.236 e. The first-order valence-corrected chi connectivity index (χ1v) is 12.3. The van der Waals surface area contributed by atoms with Gasteiger partial charge in [-0.15, -0.1) is 0 Å². The third-order valence-corrected chi connectivity index (χ3v) is 6.94. The summed E-state index contributed by atoms with van der Waals surface area (Å²) in [4.78, 5) is 15.9. The lowest BCUT2D eigenvalue weighted by molar-refractivity contribution is -0.119. The molecule has 1 saturated heterocycles. The molecule has 36 heavy (non-hydrogen) atoms. The first-order valence-electron chi connectivity index (χ1n) is 11.9. The number of pyridine rings is 1. The molecule has 0 radical (unpaired) electrons. The SMILES string of the molecule is COc1nc(O[C@H]2CCc3c(-c4c(F)cccc4F)cccc32)c(Cl)cc1CNCC1CCC(=O)N1. The van der Waals surface area contributed by atoms with Crippen LogP contribution in [0.5, 0.6) is 11.8 Å². The lowest BCUT2D eigenvalue weighted by Gasteiger charge is -2.18. The van der Waals surface area contributed by atoms with Gasteiger partial charge in [0.25, 0.3) is 0 Å². The molecule has 5 rings (SSSR count). The van der Waals surface area contributed by atoms with Crippen LogP contribution in [-0.2, 0) is 17.8 Å². The van der Waals surface area contributed by atoms with Crippen molar-refractivity contribution >= 4 is 17.5 Å². The predicted molar refractivity (Wildman–Crippen MR) is 132 cm³/mol. The van der Waals surface area contributed by atoms with E-state index < -0.39 is 11.6 Å². The smallest absolute Gasteiger partial charge is 0.236 e. The van der Waals surface area contributed by atoms with Crippen LogP contribution < -0.4 is 20.1 Å². The Bertz CT molecular complexity index is 1280. The summed E-state index contributed by atoms with van der Waals surface area (Å²) in [7, 11) is 1.53. The van der Waals surface area contributed by atoms with E-state index in [9.17, 15) is 13.6 Å². The average molecular weight is 514 g/mol. The number of carbonyl (C=O) groups excluding carboxylic acids is 1. The van der Waals surface area contributed by atoms with Crippen molar-refractivity contribution in [3.8, 4) is 22.9 Å². The molecule has 2 aromatic carbocycles. The summed E-state index contributed by atoms with van der Waals surface area (Å²) in [6, 6.07) is 11.2. The Morgan fingerprint density at radius 1 is 1.11 bits per heavy atom. The van der Waals surface area contributed by atoms with E-state index in [0.29, 0.717) is 48.8 Å². The first-order chi connectivity index (χ1) is 17.4. The summed E-state index contributed by atoms with van der Waals surface area (Å²) in [5.74, 6) is -0.493. The van der Waals surface area contributed by atoms with E-state index in [1.54, 1.807) is 18.2 Å². The van der Waals surface area contributed by atoms with Crippen molar-refractivity contribution in [2.75, 3.05) is 13.7 Å². The second-order valence-electron chi connectivity index (χ2n) is 8.99. The number of benzene rings is 2. The number of hydrogen-bond acceptors (Lipinski definition) is 5. The van der Waals surface area contributed by atoms with Crippen LogP contribution in [0.1, 0.15) is 42.1 Å². The van der Waals surface area contributed by atoms with Gasteiger partial charge in [-0.05, 0) is 54.2 Å². The van der Waals surface area contributed by atoms with Crippen LogP contribution in [-0.4, -0.2) is 30.6 Å². The third kappa shape index (κ3) is 4.88. The van der Waals surface area contributed by atoms with Gasteiger partial charge in [-0.25, -0.2) is 8.78 Å². The zero-order valence-electron chi connectivity index (χ0n) is 19.7. The minimum atomic E-state index is -0.596. The number of aromatic nitrogens is 1. The molecule has 2 N–H and O–H groups in total. The summed E-state index contributed by atoms with van der Waals surface area (Å²) in [5.41, 5.74) is 2.99. The molecule has 1 amide bonds. The van der Waals surface area contributed by atoms with Gasteiger partial charge in [0.1, 0.15) is 22.8 Å². The van der Waals surface area contributed by atoms with Crippen LogP contribution in [0.2, 0.25) is 5.02 Å². The molecular weight excluding hydrogens is 488 g/mol. The first kappa shape index (κ1) is 24.5. The summed E-state index contributed by atoms with van der Waals surface area (Å²) >= 11 is 6.53. The van der Waals surface area contributed by atoms with Gasteiger partial charge in [0.2, 0.25) is 17.7 Å². The molecule has 2 aliphatic rings. The molecule has 1 aromatic heterocycles. The number of nitrogens with one attached hydrogen (secondary N) is 2. The van der Waals surface area contributed by atoms with Crippen molar-refractivity contribution in [3.05, 3.63) is 75.8 Å². The highest BCUT2D eigenvalue weighted by Gasteiger charge is 2.29.